The Kier molecular flexibility index (Phi) is 4.73. The molecule has 2 aromatic carbocycles. The van der Waals surface area contributed by atoms with Crippen molar-refractivity contribution in [3.63, 3.8) is 0 Å². The molecule has 0 saturated heterocycles. The second-order valence-corrected chi connectivity index (χ2v) is 5.35. The molecule has 5 heteroatoms. The molecule has 0 spiro atoms. The molecule has 20 heavy (non-hydrogen) atoms. The largest absolute Gasteiger partial charge is 0.451 e. The Morgan fingerprint density at radius 1 is 1.15 bits per heavy atom. The van der Waals surface area contributed by atoms with E-state index in [-0.39, 0.29) is 0 Å². The van der Waals surface area contributed by atoms with Crippen LogP contribution in [0.15, 0.2) is 34.8 Å². The maximum atomic E-state index is 13.9. The number of hydrogen-bond acceptors (Lipinski definition) is 2. The topological polar surface area (TPSA) is 35.2 Å². The minimum atomic E-state index is -0.729. The van der Waals surface area contributed by atoms with Crippen LogP contribution in [-0.2, 0) is 6.42 Å². The van der Waals surface area contributed by atoms with Crippen molar-refractivity contribution in [1.29, 1.82) is 0 Å². The minimum Gasteiger partial charge on any atom is -0.451 e. The summed E-state index contributed by atoms with van der Waals surface area (Å²) in [6.45, 7) is 2.14. The summed E-state index contributed by atoms with van der Waals surface area (Å²) >= 11 is 3.30. The molecule has 0 unspecified atom stereocenters. The van der Waals surface area contributed by atoms with Crippen LogP contribution in [0.2, 0.25) is 0 Å². The fourth-order valence-electron chi connectivity index (χ4n) is 1.81. The van der Waals surface area contributed by atoms with Crippen LogP contribution >= 0.6 is 15.9 Å². The lowest BCUT2D eigenvalue weighted by Gasteiger charge is -2.12. The molecule has 0 radical (unpaired) electrons. The summed E-state index contributed by atoms with van der Waals surface area (Å²) in [5, 5.41) is 0. The van der Waals surface area contributed by atoms with Gasteiger partial charge in [-0.1, -0.05) is 22.0 Å². The zero-order chi connectivity index (χ0) is 14.7. The molecule has 2 rings (SSSR count). The number of hydrogen-bond donors (Lipinski definition) is 1. The molecule has 0 aliphatic rings. The number of nitrogens with two attached hydrogens (primary N) is 1. The number of aryl methyl sites for hydroxylation is 1. The van der Waals surface area contributed by atoms with Gasteiger partial charge in [0.1, 0.15) is 5.75 Å². The normalized spacial score (nSPS) is 10.7. The van der Waals surface area contributed by atoms with Gasteiger partial charge in [0.25, 0.3) is 0 Å². The molecule has 2 N–H and O–H groups in total. The van der Waals surface area contributed by atoms with Crippen molar-refractivity contribution in [3.8, 4) is 11.5 Å². The first-order chi connectivity index (χ1) is 9.51. The van der Waals surface area contributed by atoms with Gasteiger partial charge in [-0.25, -0.2) is 8.78 Å². The van der Waals surface area contributed by atoms with Gasteiger partial charge in [-0.05, 0) is 55.3 Å². The lowest BCUT2D eigenvalue weighted by molar-refractivity contribution is 0.404. The third-order valence-corrected chi connectivity index (χ3v) is 3.35. The van der Waals surface area contributed by atoms with Gasteiger partial charge in [0, 0.05) is 4.47 Å². The summed E-state index contributed by atoms with van der Waals surface area (Å²) in [7, 11) is 0. The highest BCUT2D eigenvalue weighted by atomic mass is 79.9. The van der Waals surface area contributed by atoms with Crippen molar-refractivity contribution in [2.75, 3.05) is 6.54 Å². The zero-order valence-electron chi connectivity index (χ0n) is 10.9. The summed E-state index contributed by atoms with van der Waals surface area (Å²) < 4.78 is 34.0. The maximum Gasteiger partial charge on any atom is 0.198 e. The Morgan fingerprint density at radius 2 is 1.80 bits per heavy atom. The summed E-state index contributed by atoms with van der Waals surface area (Å²) in [5.41, 5.74) is 6.68. The number of ether oxygens (including phenoxy) is 1. The van der Waals surface area contributed by atoms with Crippen molar-refractivity contribution in [2.24, 2.45) is 5.73 Å². The first-order valence-corrected chi connectivity index (χ1v) is 6.92. The standard InChI is InChI=1S/C15H14BrF2NO/c1-9-2-3-11(16)8-14(9)20-15-12(17)6-10(4-5-19)7-13(15)18/h2-3,6-8H,4-5,19H2,1H3. The first kappa shape index (κ1) is 14.9. The quantitative estimate of drug-likeness (QED) is 0.898. The maximum absolute atomic E-state index is 13.9. The van der Waals surface area contributed by atoms with Crippen molar-refractivity contribution >= 4 is 15.9 Å². The fraction of sp³-hybridized carbons (Fsp3) is 0.200. The summed E-state index contributed by atoms with van der Waals surface area (Å²) in [6, 6.07) is 7.80. The van der Waals surface area contributed by atoms with Gasteiger partial charge in [0.2, 0.25) is 0 Å². The van der Waals surface area contributed by atoms with Crippen LogP contribution in [0.5, 0.6) is 11.5 Å². The smallest absolute Gasteiger partial charge is 0.198 e. The van der Waals surface area contributed by atoms with E-state index in [0.717, 1.165) is 10.0 Å². The molecule has 0 heterocycles. The van der Waals surface area contributed by atoms with E-state index in [4.69, 9.17) is 10.5 Å². The number of rotatable bonds is 4. The number of halogens is 3. The Bertz CT molecular complexity index is 608. The van der Waals surface area contributed by atoms with Crippen LogP contribution in [0.3, 0.4) is 0 Å². The van der Waals surface area contributed by atoms with Gasteiger partial charge in [-0.3, -0.25) is 0 Å². The monoisotopic (exact) mass is 341 g/mol. The van der Waals surface area contributed by atoms with E-state index in [1.807, 2.05) is 6.07 Å². The second-order valence-electron chi connectivity index (χ2n) is 4.44. The highest BCUT2D eigenvalue weighted by Crippen LogP contribution is 2.32. The van der Waals surface area contributed by atoms with Crippen LogP contribution in [0, 0.1) is 18.6 Å². The lowest BCUT2D eigenvalue weighted by Crippen LogP contribution is -2.04. The van der Waals surface area contributed by atoms with Crippen LogP contribution < -0.4 is 10.5 Å². The molecule has 0 aromatic heterocycles. The zero-order valence-corrected chi connectivity index (χ0v) is 12.5. The molecule has 0 saturated carbocycles. The van der Waals surface area contributed by atoms with E-state index in [1.54, 1.807) is 19.1 Å². The van der Waals surface area contributed by atoms with Crippen molar-refractivity contribution in [1.82, 2.24) is 0 Å². The molecule has 0 atom stereocenters. The third kappa shape index (κ3) is 3.35. The van der Waals surface area contributed by atoms with Crippen LogP contribution in [0.4, 0.5) is 8.78 Å². The summed E-state index contributed by atoms with van der Waals surface area (Å²) in [4.78, 5) is 0. The van der Waals surface area contributed by atoms with E-state index in [1.165, 1.54) is 12.1 Å². The van der Waals surface area contributed by atoms with Crippen molar-refractivity contribution in [3.05, 3.63) is 57.6 Å². The van der Waals surface area contributed by atoms with Gasteiger partial charge in [-0.2, -0.15) is 0 Å². The Balaban J connectivity index is 2.36. The minimum absolute atomic E-state index is 0.337. The Labute approximate surface area is 124 Å². The molecule has 0 aliphatic carbocycles. The molecule has 0 aliphatic heterocycles. The van der Waals surface area contributed by atoms with Gasteiger partial charge < -0.3 is 10.5 Å². The van der Waals surface area contributed by atoms with Crippen LogP contribution in [0.25, 0.3) is 0 Å². The fourth-order valence-corrected chi connectivity index (χ4v) is 2.15. The van der Waals surface area contributed by atoms with E-state index in [9.17, 15) is 8.78 Å². The van der Waals surface area contributed by atoms with E-state index >= 15 is 0 Å². The predicted octanol–water partition coefficient (Wildman–Crippen LogP) is 4.33. The highest BCUT2D eigenvalue weighted by molar-refractivity contribution is 9.10. The summed E-state index contributed by atoms with van der Waals surface area (Å²) in [6.07, 6.45) is 0.421. The van der Waals surface area contributed by atoms with Crippen LogP contribution in [-0.4, -0.2) is 6.54 Å². The van der Waals surface area contributed by atoms with E-state index < -0.39 is 17.4 Å². The van der Waals surface area contributed by atoms with Crippen molar-refractivity contribution in [2.45, 2.75) is 13.3 Å². The van der Waals surface area contributed by atoms with Gasteiger partial charge >= 0.3 is 0 Å². The molecule has 0 fully saturated rings. The molecular formula is C15H14BrF2NO. The SMILES string of the molecule is Cc1ccc(Br)cc1Oc1c(F)cc(CCN)cc1F. The van der Waals surface area contributed by atoms with Gasteiger partial charge in [-0.15, -0.1) is 0 Å². The Hall–Kier alpha value is -1.46. The molecule has 2 nitrogen and oxygen atoms in total. The van der Waals surface area contributed by atoms with Crippen molar-refractivity contribution < 1.29 is 13.5 Å². The molecular weight excluding hydrogens is 328 g/mol. The third-order valence-electron chi connectivity index (χ3n) is 2.85. The molecule has 0 amide bonds. The average Bonchev–Trinajstić information content (AvgIpc) is 2.38. The summed E-state index contributed by atoms with van der Waals surface area (Å²) in [5.74, 6) is -1.45. The average molecular weight is 342 g/mol. The van der Waals surface area contributed by atoms with E-state index in [2.05, 4.69) is 15.9 Å². The molecule has 2 aromatic rings. The van der Waals surface area contributed by atoms with Gasteiger partial charge in [0.05, 0.1) is 0 Å². The predicted molar refractivity (Wildman–Crippen MR) is 78.1 cm³/mol. The first-order valence-electron chi connectivity index (χ1n) is 6.13. The molecule has 0 bridgehead atoms. The molecule has 106 valence electrons. The van der Waals surface area contributed by atoms with E-state index in [0.29, 0.717) is 24.3 Å². The van der Waals surface area contributed by atoms with Gasteiger partial charge in [0.15, 0.2) is 17.4 Å². The Morgan fingerprint density at radius 3 is 2.40 bits per heavy atom. The lowest BCUT2D eigenvalue weighted by atomic mass is 10.1. The number of benzene rings is 2. The van der Waals surface area contributed by atoms with Crippen LogP contribution in [0.1, 0.15) is 11.1 Å². The highest BCUT2D eigenvalue weighted by Gasteiger charge is 2.14. The second kappa shape index (κ2) is 6.33.